The summed E-state index contributed by atoms with van der Waals surface area (Å²) in [5.74, 6) is -1.38. The van der Waals surface area contributed by atoms with Crippen molar-refractivity contribution in [2.24, 2.45) is 0 Å². The molecule has 0 atom stereocenters. The number of ether oxygens (including phenoxy) is 1. The first-order valence-corrected chi connectivity index (χ1v) is 12.1. The van der Waals surface area contributed by atoms with Crippen LogP contribution in [-0.4, -0.2) is 52.7 Å². The second kappa shape index (κ2) is 9.12. The molecule has 2 aromatic rings. The smallest absolute Gasteiger partial charge is 0.408 e. The molecule has 0 heterocycles. The average molecular weight is 463 g/mol. The Balaban J connectivity index is 1.28. The van der Waals surface area contributed by atoms with Crippen LogP contribution in [0.4, 0.5) is 4.79 Å². The second-order valence-electron chi connectivity index (χ2n) is 9.65. The van der Waals surface area contributed by atoms with Crippen molar-refractivity contribution in [3.05, 3.63) is 59.7 Å². The van der Waals surface area contributed by atoms with Gasteiger partial charge in [0, 0.05) is 12.0 Å². The fraction of sp³-hybridized carbons (Fsp3) is 0.444. The Hall–Kier alpha value is -3.35. The van der Waals surface area contributed by atoms with Gasteiger partial charge in [-0.3, -0.25) is 9.59 Å². The van der Waals surface area contributed by atoms with Crippen LogP contribution in [0.3, 0.4) is 0 Å². The Morgan fingerprint density at radius 1 is 0.941 bits per heavy atom. The van der Waals surface area contributed by atoms with E-state index in [1.54, 1.807) is 0 Å². The SMILES string of the molecule is O=C(O)CN(C(=O)C1(NC(=O)OCC2c3ccccc3-c3ccccc32)CCC1)C1CCCC1. The van der Waals surface area contributed by atoms with Gasteiger partial charge in [0.1, 0.15) is 18.7 Å². The Bertz CT molecular complexity index is 1060. The van der Waals surface area contributed by atoms with E-state index in [0.29, 0.717) is 12.8 Å². The number of nitrogens with zero attached hydrogens (tertiary/aromatic N) is 1. The number of benzene rings is 2. The predicted octanol–water partition coefficient (Wildman–Crippen LogP) is 4.30. The molecule has 2 amide bonds. The number of carboxylic acid groups (broad SMARTS) is 1. The fourth-order valence-corrected chi connectivity index (χ4v) is 5.76. The van der Waals surface area contributed by atoms with Gasteiger partial charge in [0.2, 0.25) is 5.91 Å². The van der Waals surface area contributed by atoms with E-state index in [-0.39, 0.29) is 31.0 Å². The molecule has 7 nitrogen and oxygen atoms in total. The van der Waals surface area contributed by atoms with Gasteiger partial charge in [0.15, 0.2) is 0 Å². The zero-order valence-electron chi connectivity index (χ0n) is 19.2. The van der Waals surface area contributed by atoms with Crippen molar-refractivity contribution in [1.82, 2.24) is 10.2 Å². The van der Waals surface area contributed by atoms with Crippen LogP contribution in [0.2, 0.25) is 0 Å². The van der Waals surface area contributed by atoms with E-state index in [4.69, 9.17) is 4.74 Å². The summed E-state index contributed by atoms with van der Waals surface area (Å²) in [7, 11) is 0. The quantitative estimate of drug-likeness (QED) is 0.640. The zero-order chi connectivity index (χ0) is 23.7. The summed E-state index contributed by atoms with van der Waals surface area (Å²) in [6, 6.07) is 16.2. The number of rotatable bonds is 7. The standard InChI is InChI=1S/C27H30N2O5/c30-24(31)16-29(18-8-1-2-9-18)25(32)27(14-7-15-27)28-26(33)34-17-23-21-12-5-3-10-19(21)20-11-4-6-13-22(20)23/h3-6,10-13,18,23H,1-2,7-9,14-17H2,(H,28,33)(H,30,31). The number of carbonyl (C=O) groups excluding carboxylic acids is 2. The van der Waals surface area contributed by atoms with Crippen LogP contribution >= 0.6 is 0 Å². The molecule has 0 aromatic heterocycles. The third kappa shape index (κ3) is 4.04. The van der Waals surface area contributed by atoms with E-state index < -0.39 is 17.6 Å². The van der Waals surface area contributed by atoms with Crippen molar-refractivity contribution in [1.29, 1.82) is 0 Å². The second-order valence-corrected chi connectivity index (χ2v) is 9.65. The number of nitrogens with one attached hydrogen (secondary N) is 1. The van der Waals surface area contributed by atoms with Gasteiger partial charge in [0.25, 0.3) is 0 Å². The summed E-state index contributed by atoms with van der Waals surface area (Å²) in [6.45, 7) is -0.163. The molecule has 5 rings (SSSR count). The number of carboxylic acids is 1. The van der Waals surface area contributed by atoms with Gasteiger partial charge in [0.05, 0.1) is 0 Å². The molecule has 2 aromatic carbocycles. The largest absolute Gasteiger partial charge is 0.480 e. The normalized spacial score (nSPS) is 18.5. The minimum Gasteiger partial charge on any atom is -0.480 e. The summed E-state index contributed by atoms with van der Waals surface area (Å²) in [5.41, 5.74) is 3.48. The highest BCUT2D eigenvalue weighted by atomic mass is 16.5. The van der Waals surface area contributed by atoms with Crippen LogP contribution in [0, 0.1) is 0 Å². The number of aliphatic carboxylic acids is 1. The van der Waals surface area contributed by atoms with Crippen LogP contribution < -0.4 is 5.32 Å². The van der Waals surface area contributed by atoms with Gasteiger partial charge in [-0.1, -0.05) is 61.4 Å². The van der Waals surface area contributed by atoms with Crippen molar-refractivity contribution < 1.29 is 24.2 Å². The van der Waals surface area contributed by atoms with Gasteiger partial charge >= 0.3 is 12.1 Å². The number of alkyl carbamates (subject to hydrolysis) is 1. The maximum atomic E-state index is 13.5. The lowest BCUT2D eigenvalue weighted by molar-refractivity contribution is -0.152. The van der Waals surface area contributed by atoms with Gasteiger partial charge in [-0.15, -0.1) is 0 Å². The van der Waals surface area contributed by atoms with E-state index in [0.717, 1.165) is 54.4 Å². The molecule has 0 unspecified atom stereocenters. The maximum absolute atomic E-state index is 13.5. The lowest BCUT2D eigenvalue weighted by atomic mass is 9.75. The molecule has 0 aliphatic heterocycles. The minimum atomic E-state index is -1.07. The minimum absolute atomic E-state index is 0.0619. The topological polar surface area (TPSA) is 95.9 Å². The van der Waals surface area contributed by atoms with Crippen LogP contribution in [0.1, 0.15) is 62.0 Å². The van der Waals surface area contributed by atoms with Gasteiger partial charge < -0.3 is 20.1 Å². The Kier molecular flexibility index (Phi) is 6.02. The highest BCUT2D eigenvalue weighted by Crippen LogP contribution is 2.44. The molecule has 0 saturated heterocycles. The summed E-state index contributed by atoms with van der Waals surface area (Å²) in [4.78, 5) is 39.3. The van der Waals surface area contributed by atoms with Crippen molar-refractivity contribution in [3.8, 4) is 11.1 Å². The number of fused-ring (bicyclic) bond motifs is 3. The number of carbonyl (C=O) groups is 3. The lowest BCUT2D eigenvalue weighted by Crippen LogP contribution is -2.65. The lowest BCUT2D eigenvalue weighted by Gasteiger charge is -2.44. The summed E-state index contributed by atoms with van der Waals surface area (Å²) in [5, 5.41) is 12.2. The molecule has 178 valence electrons. The van der Waals surface area contributed by atoms with E-state index in [1.807, 2.05) is 24.3 Å². The fourth-order valence-electron chi connectivity index (χ4n) is 5.76. The Morgan fingerprint density at radius 3 is 2.06 bits per heavy atom. The first-order valence-electron chi connectivity index (χ1n) is 12.1. The summed E-state index contributed by atoms with van der Waals surface area (Å²) in [6.07, 6.45) is 4.76. The Labute approximate surface area is 199 Å². The molecule has 2 N–H and O–H groups in total. The van der Waals surface area contributed by atoms with Gasteiger partial charge in [-0.25, -0.2) is 4.79 Å². The summed E-state index contributed by atoms with van der Waals surface area (Å²) >= 11 is 0. The molecule has 0 bridgehead atoms. The van der Waals surface area contributed by atoms with Crippen molar-refractivity contribution >= 4 is 18.0 Å². The third-order valence-electron chi connectivity index (χ3n) is 7.63. The van der Waals surface area contributed by atoms with E-state index in [1.165, 1.54) is 4.90 Å². The molecular formula is C27H30N2O5. The summed E-state index contributed by atoms with van der Waals surface area (Å²) < 4.78 is 5.67. The average Bonchev–Trinajstić information content (AvgIpc) is 3.45. The highest BCUT2D eigenvalue weighted by Gasteiger charge is 2.49. The van der Waals surface area contributed by atoms with E-state index in [9.17, 15) is 19.5 Å². The van der Waals surface area contributed by atoms with E-state index in [2.05, 4.69) is 29.6 Å². The van der Waals surface area contributed by atoms with Crippen molar-refractivity contribution in [2.45, 2.75) is 62.4 Å². The molecule has 2 saturated carbocycles. The number of hydrogen-bond donors (Lipinski definition) is 2. The van der Waals surface area contributed by atoms with Crippen LogP contribution in [0.15, 0.2) is 48.5 Å². The molecule has 34 heavy (non-hydrogen) atoms. The molecule has 2 fully saturated rings. The van der Waals surface area contributed by atoms with Gasteiger partial charge in [-0.05, 0) is 54.4 Å². The molecule has 3 aliphatic carbocycles. The molecule has 3 aliphatic rings. The van der Waals surface area contributed by atoms with Crippen LogP contribution in [0.5, 0.6) is 0 Å². The van der Waals surface area contributed by atoms with Crippen molar-refractivity contribution in [2.75, 3.05) is 13.2 Å². The zero-order valence-corrected chi connectivity index (χ0v) is 19.2. The monoisotopic (exact) mass is 462 g/mol. The van der Waals surface area contributed by atoms with Crippen molar-refractivity contribution in [3.63, 3.8) is 0 Å². The molecular weight excluding hydrogens is 432 g/mol. The Morgan fingerprint density at radius 2 is 1.53 bits per heavy atom. The number of hydrogen-bond acceptors (Lipinski definition) is 4. The predicted molar refractivity (Wildman–Crippen MR) is 126 cm³/mol. The highest BCUT2D eigenvalue weighted by molar-refractivity contribution is 5.93. The molecule has 7 heteroatoms. The first kappa shape index (κ1) is 22.4. The molecule has 0 radical (unpaired) electrons. The van der Waals surface area contributed by atoms with E-state index >= 15 is 0 Å². The van der Waals surface area contributed by atoms with Crippen LogP contribution in [-0.2, 0) is 14.3 Å². The third-order valence-corrected chi connectivity index (χ3v) is 7.63. The first-order chi connectivity index (χ1) is 16.5. The maximum Gasteiger partial charge on any atom is 0.408 e. The van der Waals surface area contributed by atoms with Gasteiger partial charge in [-0.2, -0.15) is 0 Å². The van der Waals surface area contributed by atoms with Crippen LogP contribution in [0.25, 0.3) is 11.1 Å². The molecule has 0 spiro atoms. The number of amides is 2.